The molecule has 3 N–H and O–H groups in total. The van der Waals surface area contributed by atoms with E-state index >= 15 is 0 Å². The molecule has 0 aromatic heterocycles. The molecular formula is C7H5BrF4NO2+. The Morgan fingerprint density at radius 3 is 2.13 bits per heavy atom. The van der Waals surface area contributed by atoms with Gasteiger partial charge in [-0.3, -0.25) is 0 Å². The van der Waals surface area contributed by atoms with Gasteiger partial charge in [-0.25, -0.2) is 4.39 Å². The number of benzene rings is 1. The van der Waals surface area contributed by atoms with Crippen LogP contribution in [0.25, 0.3) is 0 Å². The van der Waals surface area contributed by atoms with Crippen LogP contribution in [0.1, 0.15) is 5.56 Å². The van der Waals surface area contributed by atoms with E-state index in [1.165, 1.54) is 0 Å². The predicted octanol–water partition coefficient (Wildman–Crippen LogP) is 1.90. The summed E-state index contributed by atoms with van der Waals surface area (Å²) in [5.74, 6) is -1.21. The van der Waals surface area contributed by atoms with Crippen molar-refractivity contribution in [2.45, 2.75) is 6.18 Å². The Hall–Kier alpha value is -0.700. The highest BCUT2D eigenvalue weighted by Gasteiger charge is 2.36. The molecule has 0 saturated carbocycles. The van der Waals surface area contributed by atoms with Gasteiger partial charge in [-0.1, -0.05) is 0 Å². The largest absolute Gasteiger partial charge is 0.417 e. The molecule has 84 valence electrons. The van der Waals surface area contributed by atoms with Gasteiger partial charge in [0.05, 0.1) is 10.0 Å². The molecule has 1 aromatic carbocycles. The lowest BCUT2D eigenvalue weighted by atomic mass is 10.2. The van der Waals surface area contributed by atoms with Crippen LogP contribution >= 0.6 is 15.9 Å². The smallest absolute Gasteiger partial charge is 0.207 e. The van der Waals surface area contributed by atoms with Gasteiger partial charge in [-0.15, -0.1) is 0 Å². The molecule has 0 saturated heterocycles. The second kappa shape index (κ2) is 4.05. The first-order valence-electron chi connectivity index (χ1n) is 3.55. The van der Waals surface area contributed by atoms with E-state index in [4.69, 9.17) is 10.4 Å². The quantitative estimate of drug-likeness (QED) is 0.546. The number of hydrogen-bond acceptors (Lipinski definition) is 2. The lowest BCUT2D eigenvalue weighted by molar-refractivity contribution is -1.19. The average molecular weight is 291 g/mol. The van der Waals surface area contributed by atoms with Crippen molar-refractivity contribution in [3.8, 4) is 0 Å². The van der Waals surface area contributed by atoms with Gasteiger partial charge < -0.3 is 0 Å². The SMILES string of the molecule is O[NH+](O)c1cc(F)cc(C(F)(F)F)c1Br. The summed E-state index contributed by atoms with van der Waals surface area (Å²) >= 11 is 2.52. The Kier molecular flexibility index (Phi) is 3.34. The van der Waals surface area contributed by atoms with Crippen LogP contribution in [-0.4, -0.2) is 10.4 Å². The van der Waals surface area contributed by atoms with Gasteiger partial charge in [-0.05, 0) is 27.2 Å². The lowest BCUT2D eigenvalue weighted by Crippen LogP contribution is -3.02. The zero-order valence-corrected chi connectivity index (χ0v) is 8.52. The summed E-state index contributed by atoms with van der Waals surface area (Å²) in [5, 5.41) is 15.9. The van der Waals surface area contributed by atoms with Crippen molar-refractivity contribution < 1.29 is 33.2 Å². The van der Waals surface area contributed by atoms with Gasteiger partial charge in [0.2, 0.25) is 5.69 Å². The third-order valence-corrected chi connectivity index (χ3v) is 2.44. The van der Waals surface area contributed by atoms with Gasteiger partial charge in [0.25, 0.3) is 0 Å². The van der Waals surface area contributed by atoms with Crippen LogP contribution in [0.5, 0.6) is 0 Å². The van der Waals surface area contributed by atoms with E-state index in [0.29, 0.717) is 6.07 Å². The summed E-state index contributed by atoms with van der Waals surface area (Å²) in [6.07, 6.45) is -4.77. The molecule has 0 unspecified atom stereocenters. The molecule has 0 fully saturated rings. The summed E-state index contributed by atoms with van der Waals surface area (Å²) in [6.45, 7) is 0. The second-order valence-corrected chi connectivity index (χ2v) is 3.43. The molecule has 0 bridgehead atoms. The van der Waals surface area contributed by atoms with E-state index in [2.05, 4.69) is 15.9 Å². The minimum atomic E-state index is -4.77. The monoisotopic (exact) mass is 290 g/mol. The standard InChI is InChI=1S/C7H4BrF4NO2/c8-6-4(7(10,11)12)1-3(9)2-5(6)13(14)15/h1-2,14-15H/p+1. The number of alkyl halides is 3. The Morgan fingerprint density at radius 1 is 1.20 bits per heavy atom. The maximum absolute atomic E-state index is 12.7. The van der Waals surface area contributed by atoms with E-state index in [0.717, 1.165) is 0 Å². The number of hydrogen-bond donors (Lipinski definition) is 3. The van der Waals surface area contributed by atoms with Gasteiger partial charge in [0.1, 0.15) is 5.82 Å². The molecule has 1 rings (SSSR count). The Balaban J connectivity index is 3.42. The highest BCUT2D eigenvalue weighted by molar-refractivity contribution is 9.10. The highest BCUT2D eigenvalue weighted by atomic mass is 79.9. The maximum atomic E-state index is 12.7. The minimum Gasteiger partial charge on any atom is -0.207 e. The molecule has 0 atom stereocenters. The van der Waals surface area contributed by atoms with Crippen molar-refractivity contribution in [3.05, 3.63) is 28.0 Å². The zero-order chi connectivity index (χ0) is 11.8. The van der Waals surface area contributed by atoms with E-state index in [1.807, 2.05) is 0 Å². The van der Waals surface area contributed by atoms with E-state index in [-0.39, 0.29) is 6.07 Å². The second-order valence-electron chi connectivity index (χ2n) is 2.64. The van der Waals surface area contributed by atoms with Gasteiger partial charge in [-0.2, -0.15) is 23.6 Å². The normalized spacial score (nSPS) is 12.3. The number of quaternary nitrogens is 1. The summed E-state index contributed by atoms with van der Waals surface area (Å²) in [6, 6.07) is 0.838. The summed E-state index contributed by atoms with van der Waals surface area (Å²) < 4.78 is 49.0. The van der Waals surface area contributed by atoms with Crippen LogP contribution < -0.4 is 5.23 Å². The van der Waals surface area contributed by atoms with Crippen LogP contribution in [0.3, 0.4) is 0 Å². The van der Waals surface area contributed by atoms with Crippen LogP contribution in [-0.2, 0) is 6.18 Å². The van der Waals surface area contributed by atoms with Crippen molar-refractivity contribution in [1.82, 2.24) is 0 Å². The van der Waals surface area contributed by atoms with Crippen LogP contribution in [0, 0.1) is 5.82 Å². The molecule has 8 heteroatoms. The highest BCUT2D eigenvalue weighted by Crippen LogP contribution is 2.37. The van der Waals surface area contributed by atoms with E-state index in [9.17, 15) is 17.6 Å². The number of halogens is 5. The zero-order valence-electron chi connectivity index (χ0n) is 6.94. The number of rotatable bonds is 1. The summed E-state index contributed by atoms with van der Waals surface area (Å²) in [5.41, 5.74) is -1.96. The Morgan fingerprint density at radius 2 is 1.73 bits per heavy atom. The number of nitrogens with one attached hydrogen (secondary N) is 1. The van der Waals surface area contributed by atoms with Crippen LogP contribution in [0.4, 0.5) is 23.2 Å². The Labute approximate surface area is 89.6 Å². The third-order valence-electron chi connectivity index (χ3n) is 1.58. The van der Waals surface area contributed by atoms with E-state index < -0.39 is 32.9 Å². The van der Waals surface area contributed by atoms with Gasteiger partial charge in [0, 0.05) is 6.07 Å². The first kappa shape index (κ1) is 12.4. The van der Waals surface area contributed by atoms with Crippen LogP contribution in [0.2, 0.25) is 0 Å². The summed E-state index contributed by atoms with van der Waals surface area (Å²) in [4.78, 5) is 0. The third kappa shape index (κ3) is 2.65. The molecular weight excluding hydrogens is 286 g/mol. The molecule has 1 aromatic rings. The molecule has 15 heavy (non-hydrogen) atoms. The molecule has 3 nitrogen and oxygen atoms in total. The van der Waals surface area contributed by atoms with Crippen molar-refractivity contribution >= 4 is 21.6 Å². The fraction of sp³-hybridized carbons (Fsp3) is 0.143. The molecule has 0 aliphatic rings. The maximum Gasteiger partial charge on any atom is 0.417 e. The lowest BCUT2D eigenvalue weighted by Gasteiger charge is -2.11. The van der Waals surface area contributed by atoms with E-state index in [1.54, 1.807) is 0 Å². The Bertz CT molecular complexity index is 380. The molecule has 0 aliphatic carbocycles. The van der Waals surface area contributed by atoms with Crippen LogP contribution in [0.15, 0.2) is 16.6 Å². The average Bonchev–Trinajstić information content (AvgIpc) is 2.06. The summed E-state index contributed by atoms with van der Waals surface area (Å²) in [7, 11) is 0. The van der Waals surface area contributed by atoms with Crippen molar-refractivity contribution in [1.29, 1.82) is 0 Å². The van der Waals surface area contributed by atoms with Gasteiger partial charge in [0.15, 0.2) is 0 Å². The first-order valence-corrected chi connectivity index (χ1v) is 4.34. The molecule has 0 aliphatic heterocycles. The minimum absolute atomic E-state index is 0.260. The fourth-order valence-corrected chi connectivity index (χ4v) is 1.59. The first-order chi connectivity index (χ1) is 6.73. The molecule has 0 heterocycles. The topological polar surface area (TPSA) is 44.9 Å². The molecule has 0 radical (unpaired) electrons. The van der Waals surface area contributed by atoms with Gasteiger partial charge >= 0.3 is 6.18 Å². The van der Waals surface area contributed by atoms with Crippen molar-refractivity contribution in [2.24, 2.45) is 0 Å². The molecule has 0 amide bonds. The van der Waals surface area contributed by atoms with Crippen molar-refractivity contribution in [2.75, 3.05) is 0 Å². The predicted molar refractivity (Wildman–Crippen MR) is 43.3 cm³/mol. The fourth-order valence-electron chi connectivity index (χ4n) is 0.958. The molecule has 0 spiro atoms. The van der Waals surface area contributed by atoms with Crippen molar-refractivity contribution in [3.63, 3.8) is 0 Å².